The van der Waals surface area contributed by atoms with Gasteiger partial charge in [0.25, 0.3) is 0 Å². The maximum atomic E-state index is 5.96. The van der Waals surface area contributed by atoms with Crippen LogP contribution in [0.25, 0.3) is 6.08 Å². The molecule has 114 valence electrons. The van der Waals surface area contributed by atoms with Gasteiger partial charge >= 0.3 is 7.12 Å². The highest BCUT2D eigenvalue weighted by Crippen LogP contribution is 2.37. The van der Waals surface area contributed by atoms with Crippen LogP contribution in [0, 0.1) is 6.92 Å². The van der Waals surface area contributed by atoms with E-state index in [2.05, 4.69) is 4.98 Å². The van der Waals surface area contributed by atoms with E-state index in [9.17, 15) is 0 Å². The second-order valence-corrected chi connectivity index (χ2v) is 6.26. The molecule has 21 heavy (non-hydrogen) atoms. The van der Waals surface area contributed by atoms with Gasteiger partial charge in [-0.2, -0.15) is 0 Å². The molecule has 0 amide bonds. The Kier molecular flexibility index (Phi) is 4.44. The first-order valence-corrected chi connectivity index (χ1v) is 7.39. The molecule has 0 unspecified atom stereocenters. The van der Waals surface area contributed by atoms with Crippen LogP contribution in [0.1, 0.15) is 45.7 Å². The summed E-state index contributed by atoms with van der Waals surface area (Å²) in [4.78, 5) is 4.28. The predicted molar refractivity (Wildman–Crippen MR) is 85.3 cm³/mol. The molecule has 0 saturated carbocycles. The van der Waals surface area contributed by atoms with Crippen molar-refractivity contribution in [2.75, 3.05) is 6.61 Å². The molecule has 1 saturated heterocycles. The van der Waals surface area contributed by atoms with E-state index in [1.165, 1.54) is 0 Å². The standard InChI is InChI=1S/C16H24BNO3/c1-7-19-14-13(12(2)9-11-18-14)8-10-17-20-15(3,4)16(5,6)21-17/h8-11H,7H2,1-6H3/b10-8+. The third-order valence-corrected chi connectivity index (χ3v) is 4.14. The summed E-state index contributed by atoms with van der Waals surface area (Å²) in [6.07, 6.45) is 3.72. The summed E-state index contributed by atoms with van der Waals surface area (Å²) >= 11 is 0. The van der Waals surface area contributed by atoms with Crippen LogP contribution in [0.2, 0.25) is 0 Å². The van der Waals surface area contributed by atoms with Crippen LogP contribution < -0.4 is 4.74 Å². The monoisotopic (exact) mass is 289 g/mol. The van der Waals surface area contributed by atoms with Crippen LogP contribution in [0.4, 0.5) is 0 Å². The largest absolute Gasteiger partial charge is 0.487 e. The smallest absolute Gasteiger partial charge is 0.478 e. The summed E-state index contributed by atoms with van der Waals surface area (Å²) in [6, 6.07) is 1.96. The molecule has 0 N–H and O–H groups in total. The molecule has 5 heteroatoms. The quantitative estimate of drug-likeness (QED) is 0.796. The summed E-state index contributed by atoms with van der Waals surface area (Å²) in [7, 11) is -0.357. The molecule has 1 aliphatic heterocycles. The summed E-state index contributed by atoms with van der Waals surface area (Å²) in [6.45, 7) is 12.8. The Morgan fingerprint density at radius 1 is 1.24 bits per heavy atom. The zero-order chi connectivity index (χ0) is 15.7. The molecule has 0 spiro atoms. The van der Waals surface area contributed by atoms with Crippen molar-refractivity contribution in [2.45, 2.75) is 52.7 Å². The summed E-state index contributed by atoms with van der Waals surface area (Å²) < 4.78 is 17.5. The Labute approximate surface area is 127 Å². The lowest BCUT2D eigenvalue weighted by Crippen LogP contribution is -2.41. The van der Waals surface area contributed by atoms with Crippen LogP contribution >= 0.6 is 0 Å². The van der Waals surface area contributed by atoms with Crippen molar-refractivity contribution >= 4 is 13.2 Å². The van der Waals surface area contributed by atoms with E-state index >= 15 is 0 Å². The molecule has 1 aromatic heterocycles. The van der Waals surface area contributed by atoms with Crippen LogP contribution in [-0.2, 0) is 9.31 Å². The van der Waals surface area contributed by atoms with Gasteiger partial charge in [-0.3, -0.25) is 0 Å². The van der Waals surface area contributed by atoms with Gasteiger partial charge in [0.1, 0.15) is 0 Å². The van der Waals surface area contributed by atoms with Gasteiger partial charge < -0.3 is 14.0 Å². The molecule has 2 rings (SSSR count). The number of rotatable bonds is 4. The fourth-order valence-electron chi connectivity index (χ4n) is 2.14. The normalized spacial score (nSPS) is 20.2. The second kappa shape index (κ2) is 5.81. The molecule has 0 atom stereocenters. The topological polar surface area (TPSA) is 40.6 Å². The Morgan fingerprint density at radius 3 is 2.43 bits per heavy atom. The highest BCUT2D eigenvalue weighted by molar-refractivity contribution is 6.52. The Morgan fingerprint density at radius 2 is 1.86 bits per heavy atom. The fourth-order valence-corrected chi connectivity index (χ4v) is 2.14. The van der Waals surface area contributed by atoms with E-state index in [-0.39, 0.29) is 18.3 Å². The molecular weight excluding hydrogens is 265 g/mol. The number of pyridine rings is 1. The maximum Gasteiger partial charge on any atom is 0.487 e. The van der Waals surface area contributed by atoms with Gasteiger partial charge in [-0.15, -0.1) is 0 Å². The predicted octanol–water partition coefficient (Wildman–Crippen LogP) is 3.43. The lowest BCUT2D eigenvalue weighted by Gasteiger charge is -2.32. The summed E-state index contributed by atoms with van der Waals surface area (Å²) in [5.74, 6) is 2.56. The van der Waals surface area contributed by atoms with Crippen molar-refractivity contribution in [1.82, 2.24) is 4.98 Å². The second-order valence-electron chi connectivity index (χ2n) is 6.26. The van der Waals surface area contributed by atoms with Gasteiger partial charge in [-0.1, -0.05) is 12.1 Å². The van der Waals surface area contributed by atoms with E-state index in [0.717, 1.165) is 11.1 Å². The average molecular weight is 289 g/mol. The van der Waals surface area contributed by atoms with Crippen molar-refractivity contribution < 1.29 is 14.0 Å². The molecule has 1 aromatic rings. The number of ether oxygens (including phenoxy) is 1. The van der Waals surface area contributed by atoms with Gasteiger partial charge in [0.05, 0.1) is 17.8 Å². The number of nitrogens with zero attached hydrogens (tertiary/aromatic N) is 1. The maximum absolute atomic E-state index is 5.96. The fraction of sp³-hybridized carbons (Fsp3) is 0.562. The van der Waals surface area contributed by atoms with Crippen LogP contribution in [0.15, 0.2) is 18.2 Å². The molecule has 1 fully saturated rings. The molecular formula is C16H24BNO3. The van der Waals surface area contributed by atoms with Gasteiger partial charge in [0, 0.05) is 11.8 Å². The highest BCUT2D eigenvalue weighted by atomic mass is 16.7. The van der Waals surface area contributed by atoms with Crippen molar-refractivity contribution in [2.24, 2.45) is 0 Å². The number of aryl methyl sites for hydroxylation is 1. The molecule has 0 aliphatic carbocycles. The minimum absolute atomic E-state index is 0.325. The minimum atomic E-state index is -0.357. The number of hydrogen-bond acceptors (Lipinski definition) is 4. The molecule has 0 radical (unpaired) electrons. The van der Waals surface area contributed by atoms with Crippen LogP contribution in [-0.4, -0.2) is 29.9 Å². The first-order valence-electron chi connectivity index (χ1n) is 7.39. The zero-order valence-corrected chi connectivity index (χ0v) is 13.8. The first kappa shape index (κ1) is 16.1. The lowest BCUT2D eigenvalue weighted by atomic mass is 9.89. The van der Waals surface area contributed by atoms with Crippen molar-refractivity contribution in [3.05, 3.63) is 29.4 Å². The minimum Gasteiger partial charge on any atom is -0.478 e. The SMILES string of the molecule is CCOc1nccc(C)c1/C=C/B1OC(C)(C)C(C)(C)O1. The molecule has 4 nitrogen and oxygen atoms in total. The van der Waals surface area contributed by atoms with E-state index < -0.39 is 0 Å². The molecule has 1 aliphatic rings. The molecule has 0 bridgehead atoms. The Hall–Kier alpha value is -1.33. The Bertz CT molecular complexity index is 524. The third-order valence-electron chi connectivity index (χ3n) is 4.14. The van der Waals surface area contributed by atoms with Crippen molar-refractivity contribution in [3.8, 4) is 5.88 Å². The van der Waals surface area contributed by atoms with Crippen LogP contribution in [0.3, 0.4) is 0 Å². The van der Waals surface area contributed by atoms with Gasteiger partial charge in [0.2, 0.25) is 5.88 Å². The zero-order valence-electron chi connectivity index (χ0n) is 13.8. The van der Waals surface area contributed by atoms with E-state index in [1.807, 2.05) is 59.7 Å². The summed E-state index contributed by atoms with van der Waals surface area (Å²) in [5, 5.41) is 0. The first-order chi connectivity index (χ1) is 9.77. The molecule has 0 aromatic carbocycles. The summed E-state index contributed by atoms with van der Waals surface area (Å²) in [5.41, 5.74) is 1.43. The van der Waals surface area contributed by atoms with E-state index in [1.54, 1.807) is 6.20 Å². The van der Waals surface area contributed by atoms with Crippen molar-refractivity contribution in [1.29, 1.82) is 0 Å². The lowest BCUT2D eigenvalue weighted by molar-refractivity contribution is 0.00578. The number of aromatic nitrogens is 1. The van der Waals surface area contributed by atoms with Gasteiger partial charge in [-0.05, 0) is 53.2 Å². The Balaban J connectivity index is 2.20. The van der Waals surface area contributed by atoms with E-state index in [0.29, 0.717) is 12.5 Å². The molecule has 2 heterocycles. The third kappa shape index (κ3) is 3.30. The average Bonchev–Trinajstić information content (AvgIpc) is 2.57. The van der Waals surface area contributed by atoms with Crippen LogP contribution in [0.5, 0.6) is 5.88 Å². The highest BCUT2D eigenvalue weighted by Gasteiger charge is 2.50. The van der Waals surface area contributed by atoms with E-state index in [4.69, 9.17) is 14.0 Å². The van der Waals surface area contributed by atoms with Gasteiger partial charge in [-0.25, -0.2) is 4.98 Å². The number of hydrogen-bond donors (Lipinski definition) is 0. The van der Waals surface area contributed by atoms with Gasteiger partial charge in [0.15, 0.2) is 0 Å². The van der Waals surface area contributed by atoms with Crippen molar-refractivity contribution in [3.63, 3.8) is 0 Å².